The maximum Gasteiger partial charge on any atom is 0.146 e. The molecule has 0 fully saturated rings. The Kier molecular flexibility index (Phi) is 3.95. The lowest BCUT2D eigenvalue weighted by Gasteiger charge is -2.02. The Labute approximate surface area is 115 Å². The molecule has 1 aromatic heterocycles. The van der Waals surface area contributed by atoms with Crippen molar-refractivity contribution >= 4 is 43.5 Å². The maximum absolute atomic E-state index is 5.90. The van der Waals surface area contributed by atoms with E-state index in [4.69, 9.17) is 11.6 Å². The van der Waals surface area contributed by atoms with Crippen LogP contribution in [0.15, 0.2) is 39.4 Å². The molecule has 16 heavy (non-hydrogen) atoms. The van der Waals surface area contributed by atoms with E-state index in [0.29, 0.717) is 21.9 Å². The van der Waals surface area contributed by atoms with Gasteiger partial charge in [0.2, 0.25) is 0 Å². The van der Waals surface area contributed by atoms with Gasteiger partial charge in [0.1, 0.15) is 11.0 Å². The van der Waals surface area contributed by atoms with Gasteiger partial charge >= 0.3 is 0 Å². The Hall–Kier alpha value is -0.450. The van der Waals surface area contributed by atoms with Crippen molar-refractivity contribution in [3.8, 4) is 0 Å². The standard InChI is InChI=1S/C11H7Br2ClN2/c12-8-3-1-2-7(4-8)5-10-15-6-9(13)11(14)16-10/h1-4,6H,5H2. The molecule has 0 bridgehead atoms. The fraction of sp³-hybridized carbons (Fsp3) is 0.0909. The van der Waals surface area contributed by atoms with Crippen LogP contribution in [0, 0.1) is 0 Å². The van der Waals surface area contributed by atoms with Gasteiger partial charge in [0.15, 0.2) is 0 Å². The third kappa shape index (κ3) is 3.03. The van der Waals surface area contributed by atoms with Gasteiger partial charge in [0.25, 0.3) is 0 Å². The first-order valence-corrected chi connectivity index (χ1v) is 6.53. The number of hydrogen-bond acceptors (Lipinski definition) is 2. The summed E-state index contributed by atoms with van der Waals surface area (Å²) in [6, 6.07) is 8.04. The van der Waals surface area contributed by atoms with Gasteiger partial charge in [0, 0.05) is 17.1 Å². The Balaban J connectivity index is 2.24. The quantitative estimate of drug-likeness (QED) is 0.747. The first-order chi connectivity index (χ1) is 7.65. The van der Waals surface area contributed by atoms with Gasteiger partial charge in [-0.25, -0.2) is 9.97 Å². The highest BCUT2D eigenvalue weighted by Crippen LogP contribution is 2.19. The van der Waals surface area contributed by atoms with Gasteiger partial charge in [-0.15, -0.1) is 0 Å². The molecular formula is C11H7Br2ClN2. The highest BCUT2D eigenvalue weighted by molar-refractivity contribution is 9.10. The summed E-state index contributed by atoms with van der Waals surface area (Å²) in [6.45, 7) is 0. The van der Waals surface area contributed by atoms with E-state index in [-0.39, 0.29) is 0 Å². The molecular weight excluding hydrogens is 355 g/mol. The van der Waals surface area contributed by atoms with E-state index in [1.54, 1.807) is 6.20 Å². The highest BCUT2D eigenvalue weighted by atomic mass is 79.9. The van der Waals surface area contributed by atoms with Gasteiger partial charge in [-0.3, -0.25) is 0 Å². The molecule has 2 aromatic rings. The van der Waals surface area contributed by atoms with Crippen molar-refractivity contribution in [1.82, 2.24) is 9.97 Å². The molecule has 0 atom stereocenters. The van der Waals surface area contributed by atoms with Crippen LogP contribution in [0.3, 0.4) is 0 Å². The van der Waals surface area contributed by atoms with Crippen molar-refractivity contribution < 1.29 is 0 Å². The van der Waals surface area contributed by atoms with E-state index in [1.165, 1.54) is 0 Å². The zero-order chi connectivity index (χ0) is 11.5. The van der Waals surface area contributed by atoms with Gasteiger partial charge < -0.3 is 0 Å². The molecule has 0 aliphatic heterocycles. The van der Waals surface area contributed by atoms with E-state index in [2.05, 4.69) is 41.8 Å². The maximum atomic E-state index is 5.90. The van der Waals surface area contributed by atoms with E-state index >= 15 is 0 Å². The van der Waals surface area contributed by atoms with Gasteiger partial charge in [0.05, 0.1) is 4.47 Å². The molecule has 2 nitrogen and oxygen atoms in total. The van der Waals surface area contributed by atoms with Gasteiger partial charge in [-0.05, 0) is 33.6 Å². The molecule has 0 saturated heterocycles. The van der Waals surface area contributed by atoms with Crippen LogP contribution in [0.1, 0.15) is 11.4 Å². The topological polar surface area (TPSA) is 25.8 Å². The smallest absolute Gasteiger partial charge is 0.146 e. The second-order valence-electron chi connectivity index (χ2n) is 3.23. The second kappa shape index (κ2) is 5.25. The molecule has 0 amide bonds. The first-order valence-electron chi connectivity index (χ1n) is 4.56. The number of benzene rings is 1. The molecule has 2 rings (SSSR count). The van der Waals surface area contributed by atoms with Crippen molar-refractivity contribution in [2.75, 3.05) is 0 Å². The Bertz CT molecular complexity index is 517. The summed E-state index contributed by atoms with van der Waals surface area (Å²) in [6.07, 6.45) is 2.34. The summed E-state index contributed by atoms with van der Waals surface area (Å²) in [7, 11) is 0. The minimum Gasteiger partial charge on any atom is -0.240 e. The predicted octanol–water partition coefficient (Wildman–Crippen LogP) is 4.25. The predicted molar refractivity (Wildman–Crippen MR) is 71.7 cm³/mol. The summed E-state index contributed by atoms with van der Waals surface area (Å²) < 4.78 is 1.76. The second-order valence-corrected chi connectivity index (χ2v) is 5.36. The van der Waals surface area contributed by atoms with Crippen LogP contribution in [0.4, 0.5) is 0 Å². The lowest BCUT2D eigenvalue weighted by molar-refractivity contribution is 0.961. The van der Waals surface area contributed by atoms with Crippen molar-refractivity contribution in [1.29, 1.82) is 0 Å². The third-order valence-electron chi connectivity index (χ3n) is 2.00. The molecule has 5 heteroatoms. The molecule has 0 aliphatic carbocycles. The normalized spacial score (nSPS) is 10.4. The van der Waals surface area contributed by atoms with Crippen LogP contribution in [0.25, 0.3) is 0 Å². The van der Waals surface area contributed by atoms with E-state index < -0.39 is 0 Å². The minimum atomic E-state index is 0.444. The molecule has 0 N–H and O–H groups in total. The fourth-order valence-corrected chi connectivity index (χ4v) is 2.08. The van der Waals surface area contributed by atoms with Crippen molar-refractivity contribution in [2.45, 2.75) is 6.42 Å². The molecule has 0 saturated carbocycles. The van der Waals surface area contributed by atoms with Crippen LogP contribution in [-0.4, -0.2) is 9.97 Å². The SMILES string of the molecule is Clc1nc(Cc2cccc(Br)c2)ncc1Br. The molecule has 82 valence electrons. The van der Waals surface area contributed by atoms with Crippen LogP contribution in [0.5, 0.6) is 0 Å². The number of hydrogen-bond donors (Lipinski definition) is 0. The summed E-state index contributed by atoms with van der Waals surface area (Å²) in [5.74, 6) is 0.714. The van der Waals surface area contributed by atoms with Crippen LogP contribution in [0.2, 0.25) is 5.15 Å². The van der Waals surface area contributed by atoms with E-state index in [0.717, 1.165) is 10.0 Å². The summed E-state index contributed by atoms with van der Waals surface area (Å²) >= 11 is 12.6. The fourth-order valence-electron chi connectivity index (χ4n) is 1.29. The van der Waals surface area contributed by atoms with Crippen molar-refractivity contribution in [2.24, 2.45) is 0 Å². The molecule has 0 spiro atoms. The Morgan fingerprint density at radius 3 is 2.75 bits per heavy atom. The van der Waals surface area contributed by atoms with E-state index in [9.17, 15) is 0 Å². The zero-order valence-electron chi connectivity index (χ0n) is 8.12. The highest BCUT2D eigenvalue weighted by Gasteiger charge is 2.03. The molecule has 0 unspecified atom stereocenters. The monoisotopic (exact) mass is 360 g/mol. The third-order valence-corrected chi connectivity index (χ3v) is 3.59. The lowest BCUT2D eigenvalue weighted by Crippen LogP contribution is -1.96. The summed E-state index contributed by atoms with van der Waals surface area (Å²) in [4.78, 5) is 8.40. The molecule has 0 radical (unpaired) electrons. The number of nitrogens with zero attached hydrogens (tertiary/aromatic N) is 2. The van der Waals surface area contributed by atoms with Crippen molar-refractivity contribution in [3.63, 3.8) is 0 Å². The van der Waals surface area contributed by atoms with Crippen molar-refractivity contribution in [3.05, 3.63) is 55.9 Å². The summed E-state index contributed by atoms with van der Waals surface area (Å²) in [5, 5.41) is 0.444. The number of rotatable bonds is 2. The van der Waals surface area contributed by atoms with Crippen LogP contribution < -0.4 is 0 Å². The average molecular weight is 362 g/mol. The Morgan fingerprint density at radius 1 is 1.25 bits per heavy atom. The van der Waals surface area contributed by atoms with Gasteiger partial charge in [-0.2, -0.15) is 0 Å². The van der Waals surface area contributed by atoms with E-state index in [1.807, 2.05) is 24.3 Å². The minimum absolute atomic E-state index is 0.444. The molecule has 0 aliphatic rings. The molecule has 1 aromatic carbocycles. The summed E-state index contributed by atoms with van der Waals surface area (Å²) in [5.41, 5.74) is 1.15. The van der Waals surface area contributed by atoms with Crippen LogP contribution >= 0.6 is 43.5 Å². The zero-order valence-corrected chi connectivity index (χ0v) is 12.1. The average Bonchev–Trinajstić information content (AvgIpc) is 2.24. The first kappa shape index (κ1) is 12.0. The number of aromatic nitrogens is 2. The van der Waals surface area contributed by atoms with Crippen LogP contribution in [-0.2, 0) is 6.42 Å². The Morgan fingerprint density at radius 2 is 2.06 bits per heavy atom. The lowest BCUT2D eigenvalue weighted by atomic mass is 10.1. The molecule has 1 heterocycles. The number of halogens is 3. The largest absolute Gasteiger partial charge is 0.240 e. The van der Waals surface area contributed by atoms with Gasteiger partial charge in [-0.1, -0.05) is 39.7 Å².